The first-order valence-electron chi connectivity index (χ1n) is 16.4. The van der Waals surface area contributed by atoms with E-state index in [-0.39, 0.29) is 0 Å². The van der Waals surface area contributed by atoms with E-state index < -0.39 is 8.32 Å². The van der Waals surface area contributed by atoms with E-state index in [1.807, 2.05) is 0 Å². The molecule has 212 valence electrons. The van der Waals surface area contributed by atoms with E-state index in [4.69, 9.17) is 4.43 Å². The second kappa shape index (κ2) is 24.5. The van der Waals surface area contributed by atoms with Gasteiger partial charge in [-0.2, -0.15) is 0 Å². The Hall–Kier alpha value is 0.177. The Morgan fingerprint density at radius 2 is 0.629 bits per heavy atom. The van der Waals surface area contributed by atoms with Crippen LogP contribution in [0, 0.1) is 0 Å². The van der Waals surface area contributed by atoms with Crippen molar-refractivity contribution in [3.8, 4) is 0 Å². The van der Waals surface area contributed by atoms with Gasteiger partial charge in [0.05, 0.1) is 0 Å². The highest BCUT2D eigenvalue weighted by Crippen LogP contribution is 2.36. The zero-order valence-corrected chi connectivity index (χ0v) is 26.8. The monoisotopic (exact) mass is 511 g/mol. The molecule has 0 radical (unpaired) electrons. The predicted molar refractivity (Wildman–Crippen MR) is 164 cm³/mol. The van der Waals surface area contributed by atoms with Crippen LogP contribution in [0.5, 0.6) is 0 Å². The zero-order chi connectivity index (χ0) is 26.1. The molecule has 0 rings (SSSR count). The first-order chi connectivity index (χ1) is 16.8. The molecule has 0 N–H and O–H groups in total. The van der Waals surface area contributed by atoms with Crippen molar-refractivity contribution >= 4 is 8.32 Å². The molecule has 0 bridgehead atoms. The van der Waals surface area contributed by atoms with Crippen LogP contribution in [0.3, 0.4) is 0 Å². The molecule has 0 saturated carbocycles. The van der Waals surface area contributed by atoms with Gasteiger partial charge in [-0.25, -0.2) is 0 Å². The maximum atomic E-state index is 6.29. The van der Waals surface area contributed by atoms with Gasteiger partial charge in [-0.15, -0.1) is 0 Å². The Balaban J connectivity index is 3.14. The van der Waals surface area contributed by atoms with E-state index in [9.17, 15) is 0 Å². The third-order valence-corrected chi connectivity index (χ3v) is 13.1. The summed E-state index contributed by atoms with van der Waals surface area (Å²) in [7, 11) is -1.53. The minimum atomic E-state index is -1.53. The van der Waals surface area contributed by atoms with Crippen molar-refractivity contribution in [3.05, 3.63) is 0 Å². The summed E-state index contributed by atoms with van der Waals surface area (Å²) < 4.78 is 6.29. The summed E-state index contributed by atoms with van der Waals surface area (Å²) in [4.78, 5) is 0. The van der Waals surface area contributed by atoms with E-state index in [2.05, 4.69) is 40.8 Å². The van der Waals surface area contributed by atoms with E-state index in [1.54, 1.807) is 0 Å². The SMILES string of the molecule is CCCCCCCCCCCCCCCCCCCCCCCCCCCO[Si](C)(C)C(C)(C)C. The maximum absolute atomic E-state index is 6.29. The molecule has 0 aliphatic heterocycles. The summed E-state index contributed by atoms with van der Waals surface area (Å²) in [6.07, 6.45) is 36.3. The average molecular weight is 511 g/mol. The van der Waals surface area contributed by atoms with Crippen LogP contribution in [0.4, 0.5) is 0 Å². The molecule has 0 spiro atoms. The molecule has 0 aromatic carbocycles. The van der Waals surface area contributed by atoms with E-state index in [0.29, 0.717) is 5.04 Å². The fraction of sp³-hybridized carbons (Fsp3) is 1.00. The van der Waals surface area contributed by atoms with Gasteiger partial charge in [0, 0.05) is 6.61 Å². The van der Waals surface area contributed by atoms with Gasteiger partial charge in [0.1, 0.15) is 0 Å². The first-order valence-corrected chi connectivity index (χ1v) is 19.4. The Morgan fingerprint density at radius 1 is 0.400 bits per heavy atom. The Bertz CT molecular complexity index is 412. The van der Waals surface area contributed by atoms with E-state index >= 15 is 0 Å². The Morgan fingerprint density at radius 3 is 0.857 bits per heavy atom. The fourth-order valence-electron chi connectivity index (χ4n) is 4.78. The first kappa shape index (κ1) is 35.2. The highest BCUT2D eigenvalue weighted by Gasteiger charge is 2.36. The lowest BCUT2D eigenvalue weighted by Crippen LogP contribution is -2.40. The van der Waals surface area contributed by atoms with Gasteiger partial charge >= 0.3 is 0 Å². The van der Waals surface area contributed by atoms with Gasteiger partial charge in [-0.3, -0.25) is 0 Å². The second-order valence-electron chi connectivity index (χ2n) is 13.1. The van der Waals surface area contributed by atoms with Crippen LogP contribution >= 0.6 is 0 Å². The average Bonchev–Trinajstić information content (AvgIpc) is 2.80. The van der Waals surface area contributed by atoms with Crippen LogP contribution in [0.1, 0.15) is 188 Å². The third kappa shape index (κ3) is 24.3. The van der Waals surface area contributed by atoms with E-state index in [1.165, 1.54) is 161 Å². The second-order valence-corrected chi connectivity index (χ2v) is 17.9. The molecule has 35 heavy (non-hydrogen) atoms. The fourth-order valence-corrected chi connectivity index (χ4v) is 5.87. The van der Waals surface area contributed by atoms with Crippen molar-refractivity contribution < 1.29 is 4.43 Å². The summed E-state index contributed by atoms with van der Waals surface area (Å²) in [5, 5.41) is 0.346. The van der Waals surface area contributed by atoms with Gasteiger partial charge in [0.15, 0.2) is 8.32 Å². The molecule has 0 saturated heterocycles. The molecule has 1 nitrogen and oxygen atoms in total. The number of hydrogen-bond donors (Lipinski definition) is 0. The van der Waals surface area contributed by atoms with Crippen molar-refractivity contribution in [2.24, 2.45) is 0 Å². The molecule has 0 fully saturated rings. The van der Waals surface area contributed by atoms with E-state index in [0.717, 1.165) is 6.61 Å². The number of hydrogen-bond acceptors (Lipinski definition) is 1. The summed E-state index contributed by atoms with van der Waals surface area (Å²) in [5.41, 5.74) is 0. The third-order valence-electron chi connectivity index (χ3n) is 8.52. The highest BCUT2D eigenvalue weighted by molar-refractivity contribution is 6.74. The minimum Gasteiger partial charge on any atom is -0.417 e. The normalized spacial score (nSPS) is 12.5. The molecular weight excluding hydrogens is 440 g/mol. The topological polar surface area (TPSA) is 9.23 Å². The van der Waals surface area contributed by atoms with Crippen LogP contribution in [0.2, 0.25) is 18.1 Å². The molecule has 0 aromatic rings. The van der Waals surface area contributed by atoms with Crippen LogP contribution in [0.15, 0.2) is 0 Å². The summed E-state index contributed by atoms with van der Waals surface area (Å²) in [5.74, 6) is 0. The Labute approximate surface area is 225 Å². The molecule has 0 aromatic heterocycles. The summed E-state index contributed by atoms with van der Waals surface area (Å²) >= 11 is 0. The molecule has 2 heteroatoms. The van der Waals surface area contributed by atoms with Crippen molar-refractivity contribution in [2.45, 2.75) is 206 Å². The molecular formula is C33H70OSi. The summed E-state index contributed by atoms with van der Waals surface area (Å²) in [6.45, 7) is 15.0. The Kier molecular flexibility index (Phi) is 24.6. The van der Waals surface area contributed by atoms with Gasteiger partial charge in [-0.1, -0.05) is 182 Å². The zero-order valence-electron chi connectivity index (χ0n) is 25.8. The van der Waals surface area contributed by atoms with Crippen LogP contribution in [-0.2, 0) is 4.43 Å². The number of unbranched alkanes of at least 4 members (excludes halogenated alkanes) is 24. The lowest BCUT2D eigenvalue weighted by atomic mass is 10.0. The lowest BCUT2D eigenvalue weighted by Gasteiger charge is -2.36. The van der Waals surface area contributed by atoms with Crippen molar-refractivity contribution in [1.29, 1.82) is 0 Å². The predicted octanol–water partition coefficient (Wildman–Crippen LogP) is 12.8. The molecule has 0 heterocycles. The summed E-state index contributed by atoms with van der Waals surface area (Å²) in [6, 6.07) is 0. The maximum Gasteiger partial charge on any atom is 0.191 e. The van der Waals surface area contributed by atoms with Gasteiger partial charge in [0.25, 0.3) is 0 Å². The molecule has 0 atom stereocenters. The van der Waals surface area contributed by atoms with Crippen LogP contribution in [-0.4, -0.2) is 14.9 Å². The van der Waals surface area contributed by atoms with Crippen molar-refractivity contribution in [3.63, 3.8) is 0 Å². The lowest BCUT2D eigenvalue weighted by molar-refractivity contribution is 0.277. The molecule has 0 aliphatic carbocycles. The largest absolute Gasteiger partial charge is 0.417 e. The quantitative estimate of drug-likeness (QED) is 0.0788. The van der Waals surface area contributed by atoms with Crippen molar-refractivity contribution in [2.75, 3.05) is 6.61 Å². The van der Waals surface area contributed by atoms with Gasteiger partial charge < -0.3 is 4.43 Å². The van der Waals surface area contributed by atoms with Gasteiger partial charge in [-0.05, 0) is 24.6 Å². The van der Waals surface area contributed by atoms with Crippen LogP contribution < -0.4 is 0 Å². The molecule has 0 amide bonds. The van der Waals surface area contributed by atoms with Crippen molar-refractivity contribution in [1.82, 2.24) is 0 Å². The minimum absolute atomic E-state index is 0.346. The smallest absolute Gasteiger partial charge is 0.191 e. The highest BCUT2D eigenvalue weighted by atomic mass is 28.4. The number of rotatable bonds is 27. The molecule has 0 unspecified atom stereocenters. The standard InChI is InChI=1S/C33H70OSi/c1-7-8-9-10-11-12-13-14-15-16-17-18-19-20-21-22-23-24-25-26-27-28-29-30-31-32-34-35(5,6)33(2,3)4/h7-32H2,1-6H3. The van der Waals surface area contributed by atoms with Crippen LogP contribution in [0.25, 0.3) is 0 Å². The van der Waals surface area contributed by atoms with Gasteiger partial charge in [0.2, 0.25) is 0 Å². The molecule has 0 aliphatic rings.